The van der Waals surface area contributed by atoms with Crippen LogP contribution >= 0.6 is 22.7 Å². The summed E-state index contributed by atoms with van der Waals surface area (Å²) in [7, 11) is 0. The second-order valence-electron chi connectivity index (χ2n) is 4.54. The summed E-state index contributed by atoms with van der Waals surface area (Å²) in [5.74, 6) is 0. The summed E-state index contributed by atoms with van der Waals surface area (Å²) in [6, 6.07) is 17.5. The summed E-state index contributed by atoms with van der Waals surface area (Å²) in [4.78, 5) is 0. The van der Waals surface area contributed by atoms with E-state index in [9.17, 15) is 0 Å². The molecule has 0 unspecified atom stereocenters. The van der Waals surface area contributed by atoms with Gasteiger partial charge in [-0.05, 0) is 56.9 Å². The molecule has 0 N–H and O–H groups in total. The van der Waals surface area contributed by atoms with E-state index in [1.54, 1.807) is 22.7 Å². The van der Waals surface area contributed by atoms with E-state index in [-0.39, 0.29) is 0 Å². The summed E-state index contributed by atoms with van der Waals surface area (Å²) in [5, 5.41) is 6.98. The number of rotatable bonds is 2. The van der Waals surface area contributed by atoms with E-state index in [0.29, 0.717) is 0 Å². The molecule has 19 heavy (non-hydrogen) atoms. The van der Waals surface area contributed by atoms with Crippen molar-refractivity contribution in [2.75, 3.05) is 0 Å². The Hall–Kier alpha value is -1.64. The van der Waals surface area contributed by atoms with Crippen molar-refractivity contribution in [2.24, 2.45) is 0 Å². The van der Waals surface area contributed by atoms with E-state index in [4.69, 9.17) is 0 Å². The summed E-state index contributed by atoms with van der Waals surface area (Å²) in [5.41, 5.74) is 2.57. The van der Waals surface area contributed by atoms with Gasteiger partial charge in [-0.3, -0.25) is 0 Å². The maximum absolute atomic E-state index is 2.27. The first kappa shape index (κ1) is 11.2. The van der Waals surface area contributed by atoms with Crippen molar-refractivity contribution in [2.45, 2.75) is 0 Å². The molecule has 1 radical (unpaired) electrons. The molecule has 0 saturated heterocycles. The van der Waals surface area contributed by atoms with Crippen LogP contribution in [0.4, 0.5) is 0 Å². The molecule has 0 nitrogen and oxygen atoms in total. The van der Waals surface area contributed by atoms with E-state index >= 15 is 0 Å². The third-order valence-corrected chi connectivity index (χ3v) is 5.09. The molecule has 2 aromatic carbocycles. The van der Waals surface area contributed by atoms with Gasteiger partial charge in [-0.2, -0.15) is 0 Å². The van der Waals surface area contributed by atoms with Crippen molar-refractivity contribution in [3.63, 3.8) is 0 Å². The molecule has 0 aliphatic rings. The van der Waals surface area contributed by atoms with Crippen molar-refractivity contribution in [1.82, 2.24) is 0 Å². The van der Waals surface area contributed by atoms with Crippen LogP contribution in [0, 0.1) is 6.42 Å². The summed E-state index contributed by atoms with van der Waals surface area (Å²) in [6.45, 7) is 0. The standard InChI is InChI=1S/C17H11S2/c1-2-14(15-7-9-18-16(15)3-1)10-12-4-5-13-6-8-19-17(13)11-12/h1-11H. The van der Waals surface area contributed by atoms with E-state index in [0.717, 1.165) is 0 Å². The summed E-state index contributed by atoms with van der Waals surface area (Å²) >= 11 is 3.60. The highest BCUT2D eigenvalue weighted by atomic mass is 32.1. The van der Waals surface area contributed by atoms with Crippen LogP contribution in [0.25, 0.3) is 20.2 Å². The summed E-state index contributed by atoms with van der Waals surface area (Å²) < 4.78 is 2.71. The molecule has 0 saturated carbocycles. The third kappa shape index (κ3) is 1.97. The predicted octanol–water partition coefficient (Wildman–Crippen LogP) is 5.72. The minimum absolute atomic E-state index is 1.27. The van der Waals surface area contributed by atoms with Gasteiger partial charge in [0.1, 0.15) is 0 Å². The van der Waals surface area contributed by atoms with E-state index in [2.05, 4.69) is 65.7 Å². The zero-order chi connectivity index (χ0) is 12.7. The average molecular weight is 279 g/mol. The molecule has 4 rings (SSSR count). The highest BCUT2D eigenvalue weighted by Gasteiger charge is 2.04. The van der Waals surface area contributed by atoms with Crippen LogP contribution in [0.2, 0.25) is 0 Å². The monoisotopic (exact) mass is 279 g/mol. The van der Waals surface area contributed by atoms with Gasteiger partial charge in [0.2, 0.25) is 0 Å². The fourth-order valence-corrected chi connectivity index (χ4v) is 4.04. The normalized spacial score (nSPS) is 11.4. The van der Waals surface area contributed by atoms with Gasteiger partial charge in [0.25, 0.3) is 0 Å². The number of thiophene rings is 2. The lowest BCUT2D eigenvalue weighted by Crippen LogP contribution is -1.85. The van der Waals surface area contributed by atoms with Crippen LogP contribution in [0.5, 0.6) is 0 Å². The molecule has 4 aromatic rings. The highest BCUT2D eigenvalue weighted by Crippen LogP contribution is 2.28. The van der Waals surface area contributed by atoms with Gasteiger partial charge in [0.15, 0.2) is 0 Å². The second kappa shape index (κ2) is 4.48. The Bertz CT molecular complexity index is 852. The van der Waals surface area contributed by atoms with Gasteiger partial charge in [-0.1, -0.05) is 24.3 Å². The fourth-order valence-electron chi connectivity index (χ4n) is 2.38. The fraction of sp³-hybridized carbons (Fsp3) is 0. The number of fused-ring (bicyclic) bond motifs is 2. The van der Waals surface area contributed by atoms with Crippen LogP contribution in [-0.4, -0.2) is 0 Å². The van der Waals surface area contributed by atoms with E-state index < -0.39 is 0 Å². The van der Waals surface area contributed by atoms with Crippen LogP contribution < -0.4 is 0 Å². The molecule has 0 aliphatic heterocycles. The molecule has 0 spiro atoms. The lowest BCUT2D eigenvalue weighted by Gasteiger charge is -2.04. The minimum atomic E-state index is 1.27. The van der Waals surface area contributed by atoms with Gasteiger partial charge < -0.3 is 0 Å². The van der Waals surface area contributed by atoms with Gasteiger partial charge in [-0.15, -0.1) is 22.7 Å². The van der Waals surface area contributed by atoms with Crippen LogP contribution in [0.1, 0.15) is 11.1 Å². The molecule has 0 fully saturated rings. The number of hydrogen-bond acceptors (Lipinski definition) is 2. The molecular weight excluding hydrogens is 268 g/mol. The number of hydrogen-bond donors (Lipinski definition) is 0. The Morgan fingerprint density at radius 3 is 2.68 bits per heavy atom. The quantitative estimate of drug-likeness (QED) is 0.440. The average Bonchev–Trinajstić information content (AvgIpc) is 3.06. The Kier molecular flexibility index (Phi) is 2.64. The molecule has 91 valence electrons. The molecule has 0 amide bonds. The van der Waals surface area contributed by atoms with Crippen molar-refractivity contribution < 1.29 is 0 Å². The van der Waals surface area contributed by atoms with Crippen molar-refractivity contribution >= 4 is 42.8 Å². The third-order valence-electron chi connectivity index (χ3n) is 3.33. The Balaban J connectivity index is 1.79. The predicted molar refractivity (Wildman–Crippen MR) is 86.2 cm³/mol. The Morgan fingerprint density at radius 1 is 0.789 bits per heavy atom. The second-order valence-corrected chi connectivity index (χ2v) is 6.44. The molecular formula is C17H11S2. The molecule has 2 heteroatoms. The maximum Gasteiger partial charge on any atom is 0.0345 e. The molecule has 2 heterocycles. The first-order chi connectivity index (χ1) is 9.40. The highest BCUT2D eigenvalue weighted by molar-refractivity contribution is 7.17. The summed E-state index contributed by atoms with van der Waals surface area (Å²) in [6.07, 6.45) is 2.27. The van der Waals surface area contributed by atoms with Crippen molar-refractivity contribution in [1.29, 1.82) is 0 Å². The molecule has 0 aliphatic carbocycles. The smallest absolute Gasteiger partial charge is 0.0345 e. The molecule has 0 bridgehead atoms. The molecule has 2 aromatic heterocycles. The van der Waals surface area contributed by atoms with Gasteiger partial charge >= 0.3 is 0 Å². The van der Waals surface area contributed by atoms with Gasteiger partial charge in [0.05, 0.1) is 0 Å². The van der Waals surface area contributed by atoms with Crippen LogP contribution in [-0.2, 0) is 0 Å². The van der Waals surface area contributed by atoms with Crippen molar-refractivity contribution in [3.05, 3.63) is 76.8 Å². The van der Waals surface area contributed by atoms with Crippen molar-refractivity contribution in [3.8, 4) is 0 Å². The SMILES string of the molecule is [CH](c1ccc2ccsc2c1)c1cccc2sccc12. The minimum Gasteiger partial charge on any atom is -0.144 e. The largest absolute Gasteiger partial charge is 0.144 e. The van der Waals surface area contributed by atoms with Gasteiger partial charge in [0, 0.05) is 15.8 Å². The Labute approximate surface area is 119 Å². The zero-order valence-corrected chi connectivity index (χ0v) is 11.8. The molecule has 0 atom stereocenters. The lowest BCUT2D eigenvalue weighted by molar-refractivity contribution is 1.49. The zero-order valence-electron chi connectivity index (χ0n) is 10.2. The maximum atomic E-state index is 2.27. The first-order valence-electron chi connectivity index (χ1n) is 6.18. The topological polar surface area (TPSA) is 0 Å². The van der Waals surface area contributed by atoms with Crippen LogP contribution in [0.15, 0.2) is 59.3 Å². The van der Waals surface area contributed by atoms with E-state index in [1.807, 2.05) is 0 Å². The first-order valence-corrected chi connectivity index (χ1v) is 7.94. The van der Waals surface area contributed by atoms with Gasteiger partial charge in [-0.25, -0.2) is 0 Å². The Morgan fingerprint density at radius 2 is 1.68 bits per heavy atom. The number of benzene rings is 2. The van der Waals surface area contributed by atoms with Crippen LogP contribution in [0.3, 0.4) is 0 Å². The lowest BCUT2D eigenvalue weighted by atomic mass is 10.0. The van der Waals surface area contributed by atoms with E-state index in [1.165, 1.54) is 31.3 Å².